The molecule has 0 saturated heterocycles. The van der Waals surface area contributed by atoms with Crippen LogP contribution in [0.5, 0.6) is 5.75 Å². The van der Waals surface area contributed by atoms with Gasteiger partial charge in [0.1, 0.15) is 17.4 Å². The second-order valence-corrected chi connectivity index (χ2v) is 6.56. The molecule has 0 aliphatic carbocycles. The van der Waals surface area contributed by atoms with Crippen LogP contribution in [0.2, 0.25) is 0 Å². The largest absolute Gasteiger partial charge is 0.631 e. The molecule has 1 rings (SSSR count). The first-order valence-electron chi connectivity index (χ1n) is 8.07. The molecular weight excluding hydrogens is 345 g/mol. The number of aromatic nitrogens is 1. The van der Waals surface area contributed by atoms with Crippen molar-refractivity contribution in [2.45, 2.75) is 58.8 Å². The number of carbonyl (C=O) groups is 1. The van der Waals surface area contributed by atoms with E-state index in [0.29, 0.717) is 5.75 Å². The Morgan fingerprint density at radius 1 is 1.23 bits per heavy atom. The standard InChI is InChI=1S/C16H25NO5.BH3O3/c1-7-21-14(19)11(2)17-10-12(8-9-13(17)18)22-16(5,6)15(3,4)20;2-1(3)4/h8-11,20H,7H2,1-6H3;2-4H. The molecule has 148 valence electrons. The van der Waals surface area contributed by atoms with Gasteiger partial charge in [-0.2, -0.15) is 0 Å². The summed E-state index contributed by atoms with van der Waals surface area (Å²) in [6.07, 6.45) is 1.46. The molecule has 0 radical (unpaired) electrons. The zero-order chi connectivity index (χ0) is 20.7. The molecule has 1 unspecified atom stereocenters. The Hall–Kier alpha value is -1.88. The molecule has 0 saturated carbocycles. The third-order valence-corrected chi connectivity index (χ3v) is 3.80. The lowest BCUT2D eigenvalue weighted by molar-refractivity contribution is -0.146. The summed E-state index contributed by atoms with van der Waals surface area (Å²) in [5, 5.41) is 31.6. The molecule has 1 aromatic rings. The number of rotatable bonds is 6. The monoisotopic (exact) mass is 373 g/mol. The van der Waals surface area contributed by atoms with Gasteiger partial charge in [0.05, 0.1) is 18.4 Å². The number of esters is 1. The summed E-state index contributed by atoms with van der Waals surface area (Å²) in [6.45, 7) is 10.3. The number of hydrogen-bond acceptors (Lipinski definition) is 8. The summed E-state index contributed by atoms with van der Waals surface area (Å²) in [6, 6.07) is 2.09. The van der Waals surface area contributed by atoms with Gasteiger partial charge in [-0.25, -0.2) is 4.79 Å². The highest BCUT2D eigenvalue weighted by Gasteiger charge is 2.37. The molecule has 9 nitrogen and oxygen atoms in total. The van der Waals surface area contributed by atoms with Gasteiger partial charge >= 0.3 is 13.3 Å². The number of nitrogens with zero attached hydrogens (tertiary/aromatic N) is 1. The first-order valence-corrected chi connectivity index (χ1v) is 8.07. The molecule has 1 atom stereocenters. The van der Waals surface area contributed by atoms with Crippen molar-refractivity contribution in [3.05, 3.63) is 28.7 Å². The lowest BCUT2D eigenvalue weighted by Gasteiger charge is -2.37. The second-order valence-electron chi connectivity index (χ2n) is 6.56. The average molecular weight is 373 g/mol. The fourth-order valence-electron chi connectivity index (χ4n) is 1.64. The summed E-state index contributed by atoms with van der Waals surface area (Å²) in [5.74, 6) is -0.0913. The van der Waals surface area contributed by atoms with Crippen LogP contribution in [0.4, 0.5) is 0 Å². The van der Waals surface area contributed by atoms with Crippen LogP contribution in [0.25, 0.3) is 0 Å². The van der Waals surface area contributed by atoms with Gasteiger partial charge in [-0.15, -0.1) is 0 Å². The van der Waals surface area contributed by atoms with Gasteiger partial charge < -0.3 is 29.7 Å². The van der Waals surface area contributed by atoms with Gasteiger partial charge in [0.15, 0.2) is 0 Å². The third kappa shape index (κ3) is 7.57. The lowest BCUT2D eigenvalue weighted by Crippen LogP contribution is -2.49. The Morgan fingerprint density at radius 3 is 2.15 bits per heavy atom. The fourth-order valence-corrected chi connectivity index (χ4v) is 1.64. The Labute approximate surface area is 153 Å². The van der Waals surface area contributed by atoms with Crippen LogP contribution in [0.15, 0.2) is 23.1 Å². The number of aliphatic hydroxyl groups is 1. The van der Waals surface area contributed by atoms with Crippen molar-refractivity contribution in [1.82, 2.24) is 4.57 Å². The van der Waals surface area contributed by atoms with Crippen molar-refractivity contribution in [2.75, 3.05) is 6.61 Å². The van der Waals surface area contributed by atoms with Crippen molar-refractivity contribution in [3.63, 3.8) is 0 Å². The maximum Gasteiger partial charge on any atom is 0.631 e. The normalized spacial score (nSPS) is 12.5. The molecule has 1 aromatic heterocycles. The van der Waals surface area contributed by atoms with Crippen LogP contribution in [0.3, 0.4) is 0 Å². The van der Waals surface area contributed by atoms with E-state index in [9.17, 15) is 14.7 Å². The SMILES string of the molecule is CCOC(=O)C(C)n1cc(OC(C)(C)C(C)(C)O)ccc1=O.OB(O)O. The second kappa shape index (κ2) is 9.72. The fraction of sp³-hybridized carbons (Fsp3) is 0.625. The van der Waals surface area contributed by atoms with E-state index in [-0.39, 0.29) is 12.2 Å². The molecule has 10 heteroatoms. The van der Waals surface area contributed by atoms with E-state index in [1.54, 1.807) is 41.5 Å². The van der Waals surface area contributed by atoms with Crippen LogP contribution in [-0.2, 0) is 9.53 Å². The van der Waals surface area contributed by atoms with Crippen LogP contribution >= 0.6 is 0 Å². The van der Waals surface area contributed by atoms with Gasteiger partial charge in [-0.1, -0.05) is 0 Å². The maximum atomic E-state index is 11.9. The van der Waals surface area contributed by atoms with Gasteiger partial charge in [0, 0.05) is 6.07 Å². The number of pyridine rings is 1. The van der Waals surface area contributed by atoms with E-state index in [1.165, 1.54) is 22.9 Å². The van der Waals surface area contributed by atoms with Gasteiger partial charge in [-0.3, -0.25) is 9.36 Å². The highest BCUT2D eigenvalue weighted by Crippen LogP contribution is 2.27. The topological polar surface area (TPSA) is 138 Å². The lowest BCUT2D eigenvalue weighted by atomic mass is 9.89. The summed E-state index contributed by atoms with van der Waals surface area (Å²) in [4.78, 5) is 23.7. The summed E-state index contributed by atoms with van der Waals surface area (Å²) >= 11 is 0. The van der Waals surface area contributed by atoms with Crippen LogP contribution in [-0.4, -0.2) is 55.8 Å². The van der Waals surface area contributed by atoms with Crippen molar-refractivity contribution in [3.8, 4) is 5.75 Å². The Kier molecular flexibility index (Phi) is 9.02. The molecular formula is C16H28BNO8. The summed E-state index contributed by atoms with van der Waals surface area (Å²) in [7, 11) is -2.17. The van der Waals surface area contributed by atoms with Crippen molar-refractivity contribution < 1.29 is 34.4 Å². The highest BCUT2D eigenvalue weighted by atomic mass is 16.5. The highest BCUT2D eigenvalue weighted by molar-refractivity contribution is 6.30. The first kappa shape index (κ1) is 24.1. The maximum absolute atomic E-state index is 11.9. The number of carbonyl (C=O) groups excluding carboxylic acids is 1. The molecule has 0 aromatic carbocycles. The van der Waals surface area contributed by atoms with Crippen molar-refractivity contribution in [1.29, 1.82) is 0 Å². The van der Waals surface area contributed by atoms with Crippen LogP contribution < -0.4 is 10.3 Å². The molecule has 4 N–H and O–H groups in total. The quantitative estimate of drug-likeness (QED) is 0.399. The molecule has 26 heavy (non-hydrogen) atoms. The minimum absolute atomic E-state index is 0.250. The van der Waals surface area contributed by atoms with Crippen LogP contribution in [0, 0.1) is 0 Å². The van der Waals surface area contributed by atoms with E-state index in [0.717, 1.165) is 0 Å². The molecule has 0 spiro atoms. The van der Waals surface area contributed by atoms with E-state index in [2.05, 4.69) is 0 Å². The smallest absolute Gasteiger partial charge is 0.483 e. The average Bonchev–Trinajstić information content (AvgIpc) is 2.46. The van der Waals surface area contributed by atoms with Crippen LogP contribution in [0.1, 0.15) is 47.6 Å². The minimum Gasteiger partial charge on any atom is -0.483 e. The zero-order valence-electron chi connectivity index (χ0n) is 16.0. The minimum atomic E-state index is -2.17. The molecule has 0 aliphatic heterocycles. The summed E-state index contributed by atoms with van der Waals surface area (Å²) < 4.78 is 12.0. The third-order valence-electron chi connectivity index (χ3n) is 3.80. The molecule has 0 bridgehead atoms. The molecule has 0 fully saturated rings. The predicted octanol–water partition coefficient (Wildman–Crippen LogP) is -0.151. The Balaban J connectivity index is 0.00000141. The zero-order valence-corrected chi connectivity index (χ0v) is 16.0. The number of ether oxygens (including phenoxy) is 2. The van der Waals surface area contributed by atoms with E-state index in [1.807, 2.05) is 0 Å². The number of hydrogen-bond donors (Lipinski definition) is 4. The Morgan fingerprint density at radius 2 is 1.73 bits per heavy atom. The molecule has 0 amide bonds. The van der Waals surface area contributed by atoms with Crippen molar-refractivity contribution in [2.24, 2.45) is 0 Å². The predicted molar refractivity (Wildman–Crippen MR) is 95.5 cm³/mol. The van der Waals surface area contributed by atoms with Gasteiger partial charge in [0.25, 0.3) is 5.56 Å². The van der Waals surface area contributed by atoms with E-state index in [4.69, 9.17) is 24.5 Å². The molecule has 0 aliphatic rings. The summed E-state index contributed by atoms with van der Waals surface area (Å²) in [5.41, 5.74) is -2.28. The van der Waals surface area contributed by atoms with E-state index < -0.39 is 30.5 Å². The Bertz CT molecular complexity index is 633. The van der Waals surface area contributed by atoms with Crippen molar-refractivity contribution >= 4 is 13.3 Å². The first-order chi connectivity index (χ1) is 11.7. The van der Waals surface area contributed by atoms with Gasteiger partial charge in [0.2, 0.25) is 0 Å². The van der Waals surface area contributed by atoms with Gasteiger partial charge in [-0.05, 0) is 47.6 Å². The van der Waals surface area contributed by atoms with E-state index >= 15 is 0 Å². The molecule has 1 heterocycles.